The topological polar surface area (TPSA) is 111 Å². The van der Waals surface area contributed by atoms with E-state index in [0.29, 0.717) is 10.6 Å². The van der Waals surface area contributed by atoms with Crippen molar-refractivity contribution >= 4 is 23.4 Å². The van der Waals surface area contributed by atoms with Gasteiger partial charge in [0.05, 0.1) is 5.69 Å². The Morgan fingerprint density at radius 1 is 1.12 bits per heavy atom. The molecule has 3 rings (SSSR count). The fraction of sp³-hybridized carbons (Fsp3) is 0.0556. The van der Waals surface area contributed by atoms with Crippen molar-refractivity contribution in [1.82, 2.24) is 9.97 Å². The Morgan fingerprint density at radius 2 is 1.85 bits per heavy atom. The smallest absolute Gasteiger partial charge is 0.222 e. The predicted molar refractivity (Wildman–Crippen MR) is 96.7 cm³/mol. The van der Waals surface area contributed by atoms with E-state index in [0.717, 1.165) is 5.56 Å². The molecule has 0 atom stereocenters. The van der Waals surface area contributed by atoms with Crippen molar-refractivity contribution in [3.8, 4) is 23.1 Å². The number of halogens is 2. The number of anilines is 2. The standard InChI is InChI=1S/C18H13ClFN5O/c19-11-3-1-10(2-4-11)9-26-15-7-12(20)5-6-13(15)16-14(8-21)17(22)25-18(23)24-16/h1-7H,9H2,(H4,22,23,24,25). The van der Waals surface area contributed by atoms with E-state index in [-0.39, 0.29) is 35.4 Å². The highest BCUT2D eigenvalue weighted by Gasteiger charge is 2.18. The maximum absolute atomic E-state index is 13.7. The second-order valence-electron chi connectivity index (χ2n) is 5.36. The minimum atomic E-state index is -0.492. The second-order valence-corrected chi connectivity index (χ2v) is 5.79. The number of rotatable bonds is 4. The molecule has 0 unspecified atom stereocenters. The summed E-state index contributed by atoms with van der Waals surface area (Å²) in [6.07, 6.45) is 0. The molecule has 0 saturated carbocycles. The van der Waals surface area contributed by atoms with Crippen LogP contribution in [-0.4, -0.2) is 9.97 Å². The molecule has 1 heterocycles. The molecule has 0 aliphatic carbocycles. The molecule has 2 aromatic carbocycles. The average molecular weight is 370 g/mol. The van der Waals surface area contributed by atoms with Gasteiger partial charge in [0, 0.05) is 16.7 Å². The first kappa shape index (κ1) is 17.5. The van der Waals surface area contributed by atoms with E-state index in [1.165, 1.54) is 18.2 Å². The maximum Gasteiger partial charge on any atom is 0.222 e. The zero-order valence-corrected chi connectivity index (χ0v) is 14.2. The lowest BCUT2D eigenvalue weighted by Gasteiger charge is -2.13. The van der Waals surface area contributed by atoms with Gasteiger partial charge in [-0.05, 0) is 29.8 Å². The van der Waals surface area contributed by atoms with Crippen LogP contribution in [-0.2, 0) is 6.61 Å². The third-order valence-electron chi connectivity index (χ3n) is 3.57. The van der Waals surface area contributed by atoms with Crippen molar-refractivity contribution < 1.29 is 9.13 Å². The Labute approximate surface area is 153 Å². The molecule has 130 valence electrons. The third kappa shape index (κ3) is 3.66. The number of nitrogens with two attached hydrogens (primary N) is 2. The van der Waals surface area contributed by atoms with Gasteiger partial charge in [-0.15, -0.1) is 0 Å². The van der Waals surface area contributed by atoms with Gasteiger partial charge in [0.15, 0.2) is 0 Å². The Bertz CT molecular complexity index is 1000. The quantitative estimate of drug-likeness (QED) is 0.727. The Morgan fingerprint density at radius 3 is 2.54 bits per heavy atom. The van der Waals surface area contributed by atoms with Crippen LogP contribution < -0.4 is 16.2 Å². The number of nitrogen functional groups attached to an aromatic ring is 2. The Balaban J connectivity index is 2.02. The lowest BCUT2D eigenvalue weighted by molar-refractivity contribution is 0.306. The molecule has 3 aromatic rings. The van der Waals surface area contributed by atoms with Crippen molar-refractivity contribution in [1.29, 1.82) is 5.26 Å². The zero-order valence-electron chi connectivity index (χ0n) is 13.4. The summed E-state index contributed by atoms with van der Waals surface area (Å²) >= 11 is 5.86. The zero-order chi connectivity index (χ0) is 18.7. The Hall–Kier alpha value is -3.37. The molecule has 4 N–H and O–H groups in total. The lowest BCUT2D eigenvalue weighted by atomic mass is 10.1. The molecule has 1 aromatic heterocycles. The third-order valence-corrected chi connectivity index (χ3v) is 3.82. The van der Waals surface area contributed by atoms with Crippen molar-refractivity contribution in [3.05, 3.63) is 64.4 Å². The summed E-state index contributed by atoms with van der Waals surface area (Å²) in [6, 6.07) is 12.9. The van der Waals surface area contributed by atoms with E-state index in [4.69, 9.17) is 27.8 Å². The van der Waals surface area contributed by atoms with Crippen molar-refractivity contribution in [2.24, 2.45) is 0 Å². The van der Waals surface area contributed by atoms with E-state index in [1.807, 2.05) is 6.07 Å². The Kier molecular flexibility index (Phi) is 4.87. The van der Waals surface area contributed by atoms with Gasteiger partial charge in [-0.1, -0.05) is 23.7 Å². The molecule has 0 aliphatic rings. The van der Waals surface area contributed by atoms with Crippen molar-refractivity contribution in [3.63, 3.8) is 0 Å². The highest BCUT2D eigenvalue weighted by molar-refractivity contribution is 6.30. The highest BCUT2D eigenvalue weighted by Crippen LogP contribution is 2.34. The second kappa shape index (κ2) is 7.25. The summed E-state index contributed by atoms with van der Waals surface area (Å²) in [5.41, 5.74) is 12.8. The molecule has 0 saturated heterocycles. The fourth-order valence-electron chi connectivity index (χ4n) is 2.35. The van der Waals surface area contributed by atoms with Crippen molar-refractivity contribution in [2.45, 2.75) is 6.61 Å². The van der Waals surface area contributed by atoms with Crippen LogP contribution in [0, 0.1) is 17.1 Å². The van der Waals surface area contributed by atoms with Gasteiger partial charge in [0.2, 0.25) is 5.95 Å². The van der Waals surface area contributed by atoms with Gasteiger partial charge in [-0.25, -0.2) is 9.37 Å². The van der Waals surface area contributed by atoms with E-state index in [9.17, 15) is 9.65 Å². The summed E-state index contributed by atoms with van der Waals surface area (Å²) in [5, 5.41) is 9.96. The first-order chi connectivity index (χ1) is 12.5. The molecular weight excluding hydrogens is 357 g/mol. The predicted octanol–water partition coefficient (Wildman–Crippen LogP) is 3.55. The molecular formula is C18H13ClFN5O. The SMILES string of the molecule is N#Cc1c(N)nc(N)nc1-c1ccc(F)cc1OCc1ccc(Cl)cc1. The summed E-state index contributed by atoms with van der Waals surface area (Å²) < 4.78 is 19.5. The largest absolute Gasteiger partial charge is 0.488 e. The first-order valence-electron chi connectivity index (χ1n) is 7.48. The molecule has 6 nitrogen and oxygen atoms in total. The summed E-state index contributed by atoms with van der Waals surface area (Å²) in [5.74, 6) is -0.435. The first-order valence-corrected chi connectivity index (χ1v) is 7.86. The number of nitriles is 1. The number of aromatic nitrogens is 2. The summed E-state index contributed by atoms with van der Waals surface area (Å²) in [4.78, 5) is 7.85. The van der Waals surface area contributed by atoms with E-state index in [2.05, 4.69) is 9.97 Å². The van der Waals surface area contributed by atoms with Gasteiger partial charge < -0.3 is 16.2 Å². The van der Waals surface area contributed by atoms with Gasteiger partial charge in [-0.2, -0.15) is 10.2 Å². The fourth-order valence-corrected chi connectivity index (χ4v) is 2.48. The van der Waals surface area contributed by atoms with Crippen LogP contribution in [0.25, 0.3) is 11.3 Å². The minimum Gasteiger partial charge on any atom is -0.488 e. The summed E-state index contributed by atoms with van der Waals surface area (Å²) in [6.45, 7) is 0.172. The number of nitrogens with zero attached hydrogens (tertiary/aromatic N) is 3. The van der Waals surface area contributed by atoms with E-state index in [1.54, 1.807) is 24.3 Å². The maximum atomic E-state index is 13.7. The van der Waals surface area contributed by atoms with Gasteiger partial charge in [0.25, 0.3) is 0 Å². The molecule has 0 bridgehead atoms. The monoisotopic (exact) mass is 369 g/mol. The molecule has 0 spiro atoms. The van der Waals surface area contributed by atoms with E-state index >= 15 is 0 Å². The van der Waals surface area contributed by atoms with Crippen LogP contribution in [0.5, 0.6) is 5.75 Å². The van der Waals surface area contributed by atoms with Gasteiger partial charge in [0.1, 0.15) is 35.6 Å². The van der Waals surface area contributed by atoms with Gasteiger partial charge >= 0.3 is 0 Å². The number of benzene rings is 2. The molecule has 0 aliphatic heterocycles. The highest BCUT2D eigenvalue weighted by atomic mass is 35.5. The molecule has 8 heteroatoms. The van der Waals surface area contributed by atoms with Gasteiger partial charge in [-0.3, -0.25) is 0 Å². The molecule has 0 fully saturated rings. The van der Waals surface area contributed by atoms with Crippen LogP contribution in [0.15, 0.2) is 42.5 Å². The number of ether oxygens (including phenoxy) is 1. The van der Waals surface area contributed by atoms with Crippen LogP contribution in [0.3, 0.4) is 0 Å². The van der Waals surface area contributed by atoms with Crippen LogP contribution in [0.1, 0.15) is 11.1 Å². The van der Waals surface area contributed by atoms with Crippen LogP contribution >= 0.6 is 11.6 Å². The summed E-state index contributed by atoms with van der Waals surface area (Å²) in [7, 11) is 0. The molecule has 0 amide bonds. The molecule has 0 radical (unpaired) electrons. The minimum absolute atomic E-state index is 0.0437. The average Bonchev–Trinajstić information content (AvgIpc) is 2.61. The molecule has 26 heavy (non-hydrogen) atoms. The van der Waals surface area contributed by atoms with Crippen LogP contribution in [0.2, 0.25) is 5.02 Å². The number of hydrogen-bond acceptors (Lipinski definition) is 6. The number of hydrogen-bond donors (Lipinski definition) is 2. The van der Waals surface area contributed by atoms with Crippen LogP contribution in [0.4, 0.5) is 16.2 Å². The normalized spacial score (nSPS) is 10.3. The van der Waals surface area contributed by atoms with Crippen molar-refractivity contribution in [2.75, 3.05) is 11.5 Å². The lowest BCUT2D eigenvalue weighted by Crippen LogP contribution is -2.06. The van der Waals surface area contributed by atoms with E-state index < -0.39 is 5.82 Å².